The van der Waals surface area contributed by atoms with E-state index in [0.29, 0.717) is 12.8 Å². The molecule has 1 spiro atoms. The van der Waals surface area contributed by atoms with Gasteiger partial charge in [-0.15, -0.1) is 0 Å². The molecule has 0 heterocycles. The van der Waals surface area contributed by atoms with Gasteiger partial charge >= 0.3 is 0 Å². The number of hydrogen-bond donors (Lipinski definition) is 1. The van der Waals surface area contributed by atoms with Crippen LogP contribution in [-0.4, -0.2) is 17.0 Å². The molecule has 56 valence electrons. The van der Waals surface area contributed by atoms with Gasteiger partial charge in [-0.1, -0.05) is 0 Å². The lowest BCUT2D eigenvalue weighted by molar-refractivity contribution is -0.125. The maximum absolute atomic E-state index is 10.8. The Balaban J connectivity index is 2.07. The Bertz CT molecular complexity index is 170. The monoisotopic (exact) mass is 140 g/mol. The van der Waals surface area contributed by atoms with Crippen molar-refractivity contribution >= 4 is 5.78 Å². The van der Waals surface area contributed by atoms with E-state index in [2.05, 4.69) is 0 Å². The van der Waals surface area contributed by atoms with Crippen molar-refractivity contribution in [3.05, 3.63) is 0 Å². The summed E-state index contributed by atoms with van der Waals surface area (Å²) in [6.07, 6.45) is 4.03. The molecule has 10 heavy (non-hydrogen) atoms. The highest BCUT2D eigenvalue weighted by Gasteiger charge is 2.51. The summed E-state index contributed by atoms with van der Waals surface area (Å²) in [6.45, 7) is 0. The smallest absolute Gasteiger partial charge is 0.135 e. The zero-order chi connectivity index (χ0) is 7.19. The second-order valence-corrected chi connectivity index (χ2v) is 3.62. The minimum atomic E-state index is -0.311. The third kappa shape index (κ3) is 0.788. The van der Waals surface area contributed by atoms with Crippen molar-refractivity contribution in [2.45, 2.75) is 38.2 Å². The molecule has 2 fully saturated rings. The van der Waals surface area contributed by atoms with Crippen molar-refractivity contribution in [1.82, 2.24) is 0 Å². The lowest BCUT2D eigenvalue weighted by Crippen LogP contribution is -2.30. The van der Waals surface area contributed by atoms with E-state index in [-0.39, 0.29) is 17.3 Å². The van der Waals surface area contributed by atoms with Crippen LogP contribution in [0.5, 0.6) is 0 Å². The number of Topliss-reactive ketones (excluding diaryl/α,β-unsaturated/α-hetero) is 1. The van der Waals surface area contributed by atoms with Gasteiger partial charge in [0.05, 0.1) is 6.10 Å². The molecule has 0 aromatic rings. The molecule has 0 bridgehead atoms. The lowest BCUT2D eigenvalue weighted by atomic mass is 9.83. The molecule has 1 N–H and O–H groups in total. The average Bonchev–Trinajstić information content (AvgIpc) is 2.62. The summed E-state index contributed by atoms with van der Waals surface area (Å²) in [6, 6.07) is 0. The van der Waals surface area contributed by atoms with Crippen molar-refractivity contribution in [3.63, 3.8) is 0 Å². The fraction of sp³-hybridized carbons (Fsp3) is 0.875. The van der Waals surface area contributed by atoms with Gasteiger partial charge in [-0.25, -0.2) is 0 Å². The molecule has 0 saturated heterocycles. The van der Waals surface area contributed by atoms with Crippen LogP contribution in [0.1, 0.15) is 32.1 Å². The quantitative estimate of drug-likeness (QED) is 0.542. The Morgan fingerprint density at radius 1 is 1.40 bits per heavy atom. The van der Waals surface area contributed by atoms with E-state index < -0.39 is 0 Å². The van der Waals surface area contributed by atoms with Crippen LogP contribution in [0.3, 0.4) is 0 Å². The van der Waals surface area contributed by atoms with Crippen molar-refractivity contribution in [2.24, 2.45) is 5.41 Å². The lowest BCUT2D eigenvalue weighted by Gasteiger charge is -2.25. The molecule has 0 aromatic carbocycles. The largest absolute Gasteiger partial charge is 0.392 e. The Hall–Kier alpha value is -0.370. The van der Waals surface area contributed by atoms with E-state index in [9.17, 15) is 9.90 Å². The van der Waals surface area contributed by atoms with Gasteiger partial charge in [0, 0.05) is 12.8 Å². The third-order valence-electron chi connectivity index (χ3n) is 2.92. The molecule has 2 rings (SSSR count). The number of ketones is 1. The van der Waals surface area contributed by atoms with Gasteiger partial charge in [0.1, 0.15) is 5.78 Å². The SMILES string of the molecule is O=C1CCC2(CC2)C(O)C1. The number of aliphatic hydroxyl groups is 1. The first-order valence-corrected chi connectivity index (χ1v) is 3.93. The van der Waals surface area contributed by atoms with Crippen molar-refractivity contribution < 1.29 is 9.90 Å². The van der Waals surface area contributed by atoms with E-state index in [0.717, 1.165) is 19.3 Å². The highest BCUT2D eigenvalue weighted by Crippen LogP contribution is 2.55. The van der Waals surface area contributed by atoms with Crippen LogP contribution in [0.15, 0.2) is 0 Å². The number of hydrogen-bond acceptors (Lipinski definition) is 2. The summed E-state index contributed by atoms with van der Waals surface area (Å²) in [5.74, 6) is 0.241. The zero-order valence-corrected chi connectivity index (χ0v) is 5.97. The topological polar surface area (TPSA) is 37.3 Å². The molecule has 2 nitrogen and oxygen atoms in total. The van der Waals surface area contributed by atoms with Crippen LogP contribution < -0.4 is 0 Å². The minimum Gasteiger partial charge on any atom is -0.392 e. The van der Waals surface area contributed by atoms with Gasteiger partial charge in [-0.3, -0.25) is 4.79 Å². The average molecular weight is 140 g/mol. The normalized spacial score (nSPS) is 36.5. The first kappa shape index (κ1) is 6.35. The Kier molecular flexibility index (Phi) is 1.15. The molecule has 0 radical (unpaired) electrons. The van der Waals surface area contributed by atoms with E-state index in [1.54, 1.807) is 0 Å². The van der Waals surface area contributed by atoms with Crippen LogP contribution in [0.4, 0.5) is 0 Å². The molecule has 0 amide bonds. The zero-order valence-electron chi connectivity index (χ0n) is 5.97. The number of carbonyl (C=O) groups excluding carboxylic acids is 1. The number of rotatable bonds is 0. The summed E-state index contributed by atoms with van der Waals surface area (Å²) in [5, 5.41) is 9.45. The fourth-order valence-electron chi connectivity index (χ4n) is 1.83. The second kappa shape index (κ2) is 1.82. The predicted molar refractivity (Wildman–Crippen MR) is 36.5 cm³/mol. The van der Waals surface area contributed by atoms with Gasteiger partial charge in [0.25, 0.3) is 0 Å². The predicted octanol–water partition coefficient (Wildman–Crippen LogP) is 0.881. The Morgan fingerprint density at radius 3 is 2.60 bits per heavy atom. The highest BCUT2D eigenvalue weighted by atomic mass is 16.3. The van der Waals surface area contributed by atoms with E-state index >= 15 is 0 Å². The standard InChI is InChI=1S/C8H12O2/c9-6-1-2-8(3-4-8)7(10)5-6/h7,10H,1-5H2. The summed E-state index contributed by atoms with van der Waals surface area (Å²) < 4.78 is 0. The molecular weight excluding hydrogens is 128 g/mol. The molecule has 1 unspecified atom stereocenters. The molecule has 2 aliphatic rings. The Morgan fingerprint density at radius 2 is 2.10 bits per heavy atom. The summed E-state index contributed by atoms with van der Waals surface area (Å²) >= 11 is 0. The van der Waals surface area contributed by atoms with Crippen molar-refractivity contribution in [1.29, 1.82) is 0 Å². The molecule has 2 aliphatic carbocycles. The molecule has 2 saturated carbocycles. The van der Waals surface area contributed by atoms with Crippen molar-refractivity contribution in [3.8, 4) is 0 Å². The van der Waals surface area contributed by atoms with Crippen LogP contribution in [0.25, 0.3) is 0 Å². The van der Waals surface area contributed by atoms with Gasteiger partial charge < -0.3 is 5.11 Å². The molecule has 0 aromatic heterocycles. The maximum Gasteiger partial charge on any atom is 0.135 e. The number of aliphatic hydroxyl groups excluding tert-OH is 1. The minimum absolute atomic E-state index is 0.202. The van der Waals surface area contributed by atoms with Gasteiger partial charge in [-0.2, -0.15) is 0 Å². The summed E-state index contributed by atoms with van der Waals surface area (Å²) in [5.41, 5.74) is 0.202. The van der Waals surface area contributed by atoms with Crippen LogP contribution in [-0.2, 0) is 4.79 Å². The van der Waals surface area contributed by atoms with E-state index in [1.165, 1.54) is 0 Å². The van der Waals surface area contributed by atoms with E-state index in [4.69, 9.17) is 0 Å². The molecule has 1 atom stereocenters. The van der Waals surface area contributed by atoms with Gasteiger partial charge in [0.15, 0.2) is 0 Å². The Labute approximate surface area is 60.2 Å². The van der Waals surface area contributed by atoms with Crippen molar-refractivity contribution in [2.75, 3.05) is 0 Å². The maximum atomic E-state index is 10.8. The van der Waals surface area contributed by atoms with Crippen LogP contribution in [0, 0.1) is 5.41 Å². The van der Waals surface area contributed by atoms with E-state index in [1.807, 2.05) is 0 Å². The van der Waals surface area contributed by atoms with Crippen LogP contribution in [0.2, 0.25) is 0 Å². The van der Waals surface area contributed by atoms with Crippen LogP contribution >= 0.6 is 0 Å². The molecule has 2 heteroatoms. The molecule has 0 aliphatic heterocycles. The van der Waals surface area contributed by atoms with Gasteiger partial charge in [-0.05, 0) is 24.7 Å². The fourth-order valence-corrected chi connectivity index (χ4v) is 1.83. The first-order valence-electron chi connectivity index (χ1n) is 3.93. The summed E-state index contributed by atoms with van der Waals surface area (Å²) in [4.78, 5) is 10.8. The first-order chi connectivity index (χ1) is 4.73. The summed E-state index contributed by atoms with van der Waals surface area (Å²) in [7, 11) is 0. The second-order valence-electron chi connectivity index (χ2n) is 3.62. The highest BCUT2D eigenvalue weighted by molar-refractivity contribution is 5.80. The third-order valence-corrected chi connectivity index (χ3v) is 2.92. The van der Waals surface area contributed by atoms with Gasteiger partial charge in [0.2, 0.25) is 0 Å². The molecular formula is C8H12O2. The number of carbonyl (C=O) groups is 1.